The van der Waals surface area contributed by atoms with Crippen LogP contribution in [0.2, 0.25) is 10.0 Å². The van der Waals surface area contributed by atoms with E-state index < -0.39 is 5.97 Å². The normalized spacial score (nSPS) is 14.6. The van der Waals surface area contributed by atoms with Gasteiger partial charge in [0.2, 0.25) is 0 Å². The molecule has 0 saturated carbocycles. The van der Waals surface area contributed by atoms with Crippen LogP contribution in [0.15, 0.2) is 30.3 Å². The van der Waals surface area contributed by atoms with Crippen LogP contribution in [0, 0.1) is 6.92 Å². The molecule has 1 aliphatic heterocycles. The van der Waals surface area contributed by atoms with Crippen LogP contribution in [0.5, 0.6) is 0 Å². The number of nitrogens with zero attached hydrogens (tertiary/aromatic N) is 3. The van der Waals surface area contributed by atoms with E-state index in [1.165, 1.54) is 0 Å². The number of hydrogen-bond acceptors (Lipinski definition) is 4. The Morgan fingerprint density at radius 2 is 2.00 bits per heavy atom. The Bertz CT molecular complexity index is 1060. The van der Waals surface area contributed by atoms with Crippen LogP contribution in [-0.2, 0) is 11.3 Å². The van der Waals surface area contributed by atoms with E-state index in [4.69, 9.17) is 27.9 Å². The summed E-state index contributed by atoms with van der Waals surface area (Å²) in [4.78, 5) is 18.6. The van der Waals surface area contributed by atoms with E-state index in [1.54, 1.807) is 12.1 Å². The van der Waals surface area contributed by atoms with Gasteiger partial charge in [0.15, 0.2) is 0 Å². The zero-order valence-electron chi connectivity index (χ0n) is 15.3. The second-order valence-electron chi connectivity index (χ2n) is 6.72. The van der Waals surface area contributed by atoms with Gasteiger partial charge in [0.05, 0.1) is 40.9 Å². The first kappa shape index (κ1) is 19.1. The fraction of sp³-hybridized carbons (Fsp3) is 0.300. The van der Waals surface area contributed by atoms with Gasteiger partial charge in [0.25, 0.3) is 0 Å². The Balaban J connectivity index is 1.86. The maximum Gasteiger partial charge on any atom is 0.338 e. The van der Waals surface area contributed by atoms with Crippen LogP contribution in [0.25, 0.3) is 11.0 Å². The van der Waals surface area contributed by atoms with Crippen LogP contribution >= 0.6 is 23.2 Å². The van der Waals surface area contributed by atoms with Crippen LogP contribution in [0.1, 0.15) is 21.7 Å². The number of fused-ring (bicyclic) bond motifs is 1. The van der Waals surface area contributed by atoms with E-state index in [1.807, 2.05) is 29.7 Å². The molecule has 28 heavy (non-hydrogen) atoms. The van der Waals surface area contributed by atoms with Crippen molar-refractivity contribution in [2.45, 2.75) is 13.5 Å². The SMILES string of the molecule is Cc1nc2c(C(=O)O)cc(N3CCOCC3)cc2n1Cc1cccc(Cl)c1Cl. The number of rotatable bonds is 4. The van der Waals surface area contributed by atoms with Crippen molar-refractivity contribution in [3.63, 3.8) is 0 Å². The van der Waals surface area contributed by atoms with Gasteiger partial charge < -0.3 is 19.3 Å². The number of imidazole rings is 1. The van der Waals surface area contributed by atoms with E-state index in [2.05, 4.69) is 9.88 Å². The van der Waals surface area contributed by atoms with E-state index in [0.717, 1.165) is 29.9 Å². The molecule has 0 amide bonds. The summed E-state index contributed by atoms with van der Waals surface area (Å²) in [5.74, 6) is -0.279. The number of aromatic carboxylic acids is 1. The average molecular weight is 420 g/mol. The number of ether oxygens (including phenoxy) is 1. The molecule has 1 saturated heterocycles. The predicted molar refractivity (Wildman–Crippen MR) is 110 cm³/mol. The third kappa shape index (κ3) is 3.43. The summed E-state index contributed by atoms with van der Waals surface area (Å²) in [6.45, 7) is 5.00. The summed E-state index contributed by atoms with van der Waals surface area (Å²) < 4.78 is 7.39. The molecule has 8 heteroatoms. The summed E-state index contributed by atoms with van der Waals surface area (Å²) in [6, 6.07) is 9.18. The lowest BCUT2D eigenvalue weighted by Crippen LogP contribution is -2.36. The Morgan fingerprint density at radius 1 is 1.25 bits per heavy atom. The fourth-order valence-corrected chi connectivity index (χ4v) is 3.91. The van der Waals surface area contributed by atoms with Gasteiger partial charge in [-0.3, -0.25) is 0 Å². The molecule has 2 heterocycles. The van der Waals surface area contributed by atoms with E-state index in [0.29, 0.717) is 41.1 Å². The van der Waals surface area contributed by atoms with Crippen molar-refractivity contribution in [3.8, 4) is 0 Å². The molecule has 0 spiro atoms. The lowest BCUT2D eigenvalue weighted by Gasteiger charge is -2.29. The number of anilines is 1. The highest BCUT2D eigenvalue weighted by Crippen LogP contribution is 2.31. The maximum atomic E-state index is 11.9. The lowest BCUT2D eigenvalue weighted by molar-refractivity contribution is 0.0699. The maximum absolute atomic E-state index is 11.9. The van der Waals surface area contributed by atoms with Crippen molar-refractivity contribution in [1.82, 2.24) is 9.55 Å². The topological polar surface area (TPSA) is 67.6 Å². The van der Waals surface area contributed by atoms with Crippen molar-refractivity contribution in [3.05, 3.63) is 57.3 Å². The number of morpholine rings is 1. The van der Waals surface area contributed by atoms with Gasteiger partial charge in [0.1, 0.15) is 11.3 Å². The van der Waals surface area contributed by atoms with Crippen LogP contribution < -0.4 is 4.90 Å². The first-order valence-electron chi connectivity index (χ1n) is 8.95. The third-order valence-corrected chi connectivity index (χ3v) is 5.85. The van der Waals surface area contributed by atoms with Crippen molar-refractivity contribution >= 4 is 45.9 Å². The molecule has 1 aromatic heterocycles. The molecular weight excluding hydrogens is 401 g/mol. The average Bonchev–Trinajstić information content (AvgIpc) is 3.00. The Morgan fingerprint density at radius 3 is 2.71 bits per heavy atom. The Hall–Kier alpha value is -2.28. The molecule has 4 rings (SSSR count). The van der Waals surface area contributed by atoms with Gasteiger partial charge >= 0.3 is 5.97 Å². The molecule has 3 aromatic rings. The monoisotopic (exact) mass is 419 g/mol. The lowest BCUT2D eigenvalue weighted by atomic mass is 10.1. The molecule has 146 valence electrons. The summed E-state index contributed by atoms with van der Waals surface area (Å²) in [7, 11) is 0. The highest BCUT2D eigenvalue weighted by molar-refractivity contribution is 6.42. The summed E-state index contributed by atoms with van der Waals surface area (Å²) in [5, 5.41) is 10.7. The molecule has 0 radical (unpaired) electrons. The third-order valence-electron chi connectivity index (χ3n) is 5.00. The highest BCUT2D eigenvalue weighted by atomic mass is 35.5. The van der Waals surface area contributed by atoms with E-state index >= 15 is 0 Å². The first-order valence-corrected chi connectivity index (χ1v) is 9.71. The van der Waals surface area contributed by atoms with Crippen molar-refractivity contribution in [2.24, 2.45) is 0 Å². The number of halogens is 2. The molecule has 1 aliphatic rings. The minimum atomic E-state index is -0.995. The second-order valence-corrected chi connectivity index (χ2v) is 7.51. The first-order chi connectivity index (χ1) is 13.5. The van der Waals surface area contributed by atoms with Gasteiger partial charge in [-0.15, -0.1) is 0 Å². The molecular formula is C20H19Cl2N3O3. The standard InChI is InChI=1S/C20H19Cl2N3O3/c1-12-23-19-15(20(26)27)9-14(24-5-7-28-8-6-24)10-17(19)25(12)11-13-3-2-4-16(21)18(13)22/h2-4,9-10H,5-8,11H2,1H3,(H,26,27). The van der Waals surface area contributed by atoms with Gasteiger partial charge in [0, 0.05) is 18.8 Å². The molecule has 0 bridgehead atoms. The number of carbonyl (C=O) groups is 1. The number of aromatic nitrogens is 2. The van der Waals surface area contributed by atoms with E-state index in [-0.39, 0.29) is 5.56 Å². The molecule has 0 atom stereocenters. The highest BCUT2D eigenvalue weighted by Gasteiger charge is 2.21. The van der Waals surface area contributed by atoms with Crippen molar-refractivity contribution in [1.29, 1.82) is 0 Å². The van der Waals surface area contributed by atoms with Gasteiger partial charge in [-0.05, 0) is 30.7 Å². The number of benzene rings is 2. The quantitative estimate of drug-likeness (QED) is 0.684. The summed E-state index contributed by atoms with van der Waals surface area (Å²) in [6.07, 6.45) is 0. The molecule has 0 aliphatic carbocycles. The number of aryl methyl sites for hydroxylation is 1. The largest absolute Gasteiger partial charge is 0.478 e. The van der Waals surface area contributed by atoms with Gasteiger partial charge in [-0.1, -0.05) is 35.3 Å². The number of carboxylic acids is 1. The zero-order chi connectivity index (χ0) is 19.8. The molecule has 1 N–H and O–H groups in total. The Kier molecular flexibility index (Phi) is 5.19. The smallest absolute Gasteiger partial charge is 0.338 e. The number of hydrogen-bond donors (Lipinski definition) is 1. The van der Waals surface area contributed by atoms with Gasteiger partial charge in [-0.25, -0.2) is 9.78 Å². The summed E-state index contributed by atoms with van der Waals surface area (Å²) >= 11 is 12.5. The minimum absolute atomic E-state index is 0.193. The number of carboxylic acid groups (broad SMARTS) is 1. The Labute approximate surface area is 172 Å². The minimum Gasteiger partial charge on any atom is -0.478 e. The predicted octanol–water partition coefficient (Wildman–Crippen LogP) is 4.23. The van der Waals surface area contributed by atoms with Crippen molar-refractivity contribution < 1.29 is 14.6 Å². The summed E-state index contributed by atoms with van der Waals surface area (Å²) in [5.41, 5.74) is 3.13. The van der Waals surface area contributed by atoms with Crippen LogP contribution in [0.4, 0.5) is 5.69 Å². The zero-order valence-corrected chi connectivity index (χ0v) is 16.8. The molecule has 6 nitrogen and oxygen atoms in total. The van der Waals surface area contributed by atoms with Crippen LogP contribution in [-0.4, -0.2) is 46.9 Å². The van der Waals surface area contributed by atoms with Crippen LogP contribution in [0.3, 0.4) is 0 Å². The molecule has 2 aromatic carbocycles. The van der Waals surface area contributed by atoms with Crippen molar-refractivity contribution in [2.75, 3.05) is 31.2 Å². The molecule has 0 unspecified atom stereocenters. The second kappa shape index (κ2) is 7.62. The molecule has 1 fully saturated rings. The fourth-order valence-electron chi connectivity index (χ4n) is 3.53. The van der Waals surface area contributed by atoms with E-state index in [9.17, 15) is 9.90 Å². The van der Waals surface area contributed by atoms with Gasteiger partial charge in [-0.2, -0.15) is 0 Å².